The third-order valence-corrected chi connectivity index (χ3v) is 7.94. The van der Waals surface area contributed by atoms with Gasteiger partial charge in [0.15, 0.2) is 0 Å². The molecule has 1 heterocycles. The average Bonchev–Trinajstić information content (AvgIpc) is 3.50. The molecule has 8 heteroatoms. The summed E-state index contributed by atoms with van der Waals surface area (Å²) in [5.74, 6) is 6.20. The first-order valence-electron chi connectivity index (χ1n) is 12.4. The normalized spacial score (nSPS) is 20.4. The molecule has 2 aromatic rings. The fraction of sp³-hybridized carbons (Fsp3) is 0.519. The molecule has 0 saturated heterocycles. The van der Waals surface area contributed by atoms with E-state index in [4.69, 9.17) is 10.7 Å². The third kappa shape index (κ3) is 7.45. The van der Waals surface area contributed by atoms with E-state index in [0.29, 0.717) is 42.0 Å². The van der Waals surface area contributed by atoms with Crippen LogP contribution in [0.5, 0.6) is 0 Å². The molecule has 7 nitrogen and oxygen atoms in total. The lowest BCUT2D eigenvalue weighted by Crippen LogP contribution is -2.47. The zero-order valence-corrected chi connectivity index (χ0v) is 22.6. The van der Waals surface area contributed by atoms with Crippen LogP contribution in [0, 0.1) is 11.8 Å². The third-order valence-electron chi connectivity index (χ3n) is 6.63. The number of nitrogens with zero attached hydrogens (tertiary/aromatic N) is 3. The van der Waals surface area contributed by atoms with Crippen LogP contribution in [-0.2, 0) is 16.1 Å². The highest BCUT2D eigenvalue weighted by atomic mass is 32.2. The molecule has 192 valence electrons. The first-order chi connectivity index (χ1) is 16.5. The largest absolute Gasteiger partial charge is 0.359 e. The second kappa shape index (κ2) is 11.4. The molecule has 0 radical (unpaired) electrons. The monoisotopic (exact) mass is 499 g/mol. The van der Waals surface area contributed by atoms with Crippen molar-refractivity contribution in [1.82, 2.24) is 10.3 Å². The fourth-order valence-electron chi connectivity index (χ4n) is 4.25. The summed E-state index contributed by atoms with van der Waals surface area (Å²) in [4.78, 5) is 20.4. The van der Waals surface area contributed by atoms with Crippen molar-refractivity contribution in [1.29, 1.82) is 0 Å². The standard InChI is InChI=1S/C27H41N5O2S/c1-7-13-32(35(5,6)34)26-17-22(16-25(30-26)31(4)18-23-14-19(23)2)27(33)29-24(20(3)28)15-21-11-9-8-10-12-21/h8-12,16-17,19-20,23-24H,5,7,13-15,18,28H2,1-4,6H3,(H,29,33)/t19?,20-,23?,24-,35?/m0/s1. The Morgan fingerprint density at radius 2 is 1.91 bits per heavy atom. The molecule has 0 spiro atoms. The van der Waals surface area contributed by atoms with Crippen LogP contribution in [0.15, 0.2) is 42.5 Å². The maximum Gasteiger partial charge on any atom is 0.251 e. The molecule has 1 fully saturated rings. The van der Waals surface area contributed by atoms with E-state index in [9.17, 15) is 9.00 Å². The maximum absolute atomic E-state index is 13.5. The zero-order chi connectivity index (χ0) is 25.8. The van der Waals surface area contributed by atoms with Gasteiger partial charge in [-0.1, -0.05) is 44.2 Å². The van der Waals surface area contributed by atoms with Crippen molar-refractivity contribution in [3.05, 3.63) is 53.6 Å². The molecular weight excluding hydrogens is 458 g/mol. The number of hydrogen-bond acceptors (Lipinski definition) is 5. The van der Waals surface area contributed by atoms with E-state index in [1.165, 1.54) is 6.42 Å². The number of nitrogens with two attached hydrogens (primary N) is 1. The Morgan fingerprint density at radius 3 is 2.46 bits per heavy atom. The number of amides is 1. The SMILES string of the molecule is C=S(C)(=O)N(CCC)c1cc(C(=O)N[C@@H](Cc2ccccc2)[C@H](C)N)cc(N(C)CC2CC2C)n1. The minimum absolute atomic E-state index is 0.218. The Morgan fingerprint density at radius 1 is 1.29 bits per heavy atom. The van der Waals surface area contributed by atoms with Crippen molar-refractivity contribution in [3.8, 4) is 0 Å². The van der Waals surface area contributed by atoms with Gasteiger partial charge in [-0.25, -0.2) is 9.19 Å². The number of pyridine rings is 1. The van der Waals surface area contributed by atoms with E-state index in [2.05, 4.69) is 23.0 Å². The van der Waals surface area contributed by atoms with Crippen molar-refractivity contribution in [2.45, 2.75) is 52.1 Å². The molecule has 3 N–H and O–H groups in total. The number of anilines is 2. The number of rotatable bonds is 12. The molecule has 0 bridgehead atoms. The lowest BCUT2D eigenvalue weighted by atomic mass is 10.0. The number of nitrogens with one attached hydrogen (secondary N) is 1. The Kier molecular flexibility index (Phi) is 8.83. The van der Waals surface area contributed by atoms with Gasteiger partial charge in [0, 0.05) is 53.7 Å². The second-order valence-electron chi connectivity index (χ2n) is 10.1. The van der Waals surface area contributed by atoms with Crippen LogP contribution in [-0.4, -0.2) is 59.4 Å². The summed E-state index contributed by atoms with van der Waals surface area (Å²) >= 11 is 0. The lowest BCUT2D eigenvalue weighted by molar-refractivity contribution is 0.0932. The maximum atomic E-state index is 13.5. The topological polar surface area (TPSA) is 91.6 Å². The summed E-state index contributed by atoms with van der Waals surface area (Å²) in [7, 11) is -0.564. The van der Waals surface area contributed by atoms with Gasteiger partial charge in [0.1, 0.15) is 11.6 Å². The molecule has 1 saturated carbocycles. The molecule has 1 amide bonds. The van der Waals surface area contributed by atoms with E-state index in [1.54, 1.807) is 16.6 Å². The molecular formula is C27H41N5O2S. The van der Waals surface area contributed by atoms with Gasteiger partial charge in [-0.05, 0) is 61.6 Å². The number of aromatic nitrogens is 1. The predicted octanol–water partition coefficient (Wildman–Crippen LogP) is 3.34. The Labute approximate surface area is 211 Å². The highest BCUT2D eigenvalue weighted by Gasteiger charge is 2.34. The van der Waals surface area contributed by atoms with Gasteiger partial charge in [0.2, 0.25) is 0 Å². The summed E-state index contributed by atoms with van der Waals surface area (Å²) in [5.41, 5.74) is 7.84. The summed E-state index contributed by atoms with van der Waals surface area (Å²) < 4.78 is 14.7. The van der Waals surface area contributed by atoms with E-state index in [1.807, 2.05) is 57.3 Å². The molecule has 1 aliphatic rings. The Hall–Kier alpha value is -2.58. The van der Waals surface area contributed by atoms with Crippen molar-refractivity contribution in [2.24, 2.45) is 17.6 Å². The van der Waals surface area contributed by atoms with Gasteiger partial charge in [-0.3, -0.25) is 9.10 Å². The first-order valence-corrected chi connectivity index (χ1v) is 14.5. The number of benzene rings is 1. The molecule has 3 rings (SSSR count). The number of carbonyl (C=O) groups excluding carboxylic acids is 1. The highest BCUT2D eigenvalue weighted by molar-refractivity contribution is 8.00. The Bertz CT molecular complexity index is 1100. The van der Waals surface area contributed by atoms with Crippen LogP contribution < -0.4 is 20.3 Å². The molecule has 1 aliphatic carbocycles. The Balaban J connectivity index is 1.93. The smallest absolute Gasteiger partial charge is 0.251 e. The molecule has 1 aromatic heterocycles. The van der Waals surface area contributed by atoms with Crippen LogP contribution in [0.25, 0.3) is 0 Å². The van der Waals surface area contributed by atoms with Crippen LogP contribution in [0.4, 0.5) is 11.6 Å². The minimum atomic E-state index is -2.56. The molecule has 35 heavy (non-hydrogen) atoms. The van der Waals surface area contributed by atoms with Gasteiger partial charge in [0.25, 0.3) is 5.91 Å². The van der Waals surface area contributed by atoms with Gasteiger partial charge >= 0.3 is 0 Å². The van der Waals surface area contributed by atoms with Crippen molar-refractivity contribution < 1.29 is 9.00 Å². The summed E-state index contributed by atoms with van der Waals surface area (Å²) in [5, 5.41) is 3.13. The van der Waals surface area contributed by atoms with E-state index in [-0.39, 0.29) is 18.0 Å². The number of carbonyl (C=O) groups is 1. The van der Waals surface area contributed by atoms with Gasteiger partial charge in [-0.15, -0.1) is 0 Å². The van der Waals surface area contributed by atoms with Crippen LogP contribution in [0.1, 0.15) is 49.5 Å². The molecule has 5 atom stereocenters. The van der Waals surface area contributed by atoms with Crippen LogP contribution in [0.3, 0.4) is 0 Å². The summed E-state index contributed by atoms with van der Waals surface area (Å²) in [6.45, 7) is 7.58. The van der Waals surface area contributed by atoms with Crippen molar-refractivity contribution in [2.75, 3.05) is 35.6 Å². The van der Waals surface area contributed by atoms with Gasteiger partial charge < -0.3 is 16.0 Å². The lowest BCUT2D eigenvalue weighted by Gasteiger charge is -2.28. The number of hydrogen-bond donors (Lipinski definition) is 2. The second-order valence-corrected chi connectivity index (χ2v) is 12.5. The van der Waals surface area contributed by atoms with Crippen LogP contribution in [0.2, 0.25) is 0 Å². The highest BCUT2D eigenvalue weighted by Crippen LogP contribution is 2.38. The van der Waals surface area contributed by atoms with E-state index in [0.717, 1.165) is 18.5 Å². The van der Waals surface area contributed by atoms with Gasteiger partial charge in [0.05, 0.1) is 0 Å². The van der Waals surface area contributed by atoms with Crippen molar-refractivity contribution in [3.63, 3.8) is 0 Å². The average molecular weight is 500 g/mol. The predicted molar refractivity (Wildman–Crippen MR) is 149 cm³/mol. The fourth-order valence-corrected chi connectivity index (χ4v) is 5.31. The molecule has 0 aliphatic heterocycles. The summed E-state index contributed by atoms with van der Waals surface area (Å²) in [6.07, 6.45) is 4.24. The van der Waals surface area contributed by atoms with Crippen LogP contribution >= 0.6 is 0 Å². The first kappa shape index (κ1) is 27.0. The zero-order valence-electron chi connectivity index (χ0n) is 21.7. The van der Waals surface area contributed by atoms with Crippen molar-refractivity contribution >= 4 is 33.1 Å². The quantitative estimate of drug-likeness (QED) is 0.437. The minimum Gasteiger partial charge on any atom is -0.359 e. The van der Waals surface area contributed by atoms with E-state index < -0.39 is 9.71 Å². The van der Waals surface area contributed by atoms with Gasteiger partial charge in [-0.2, -0.15) is 0 Å². The molecule has 1 aromatic carbocycles. The molecule has 3 unspecified atom stereocenters. The summed E-state index contributed by atoms with van der Waals surface area (Å²) in [6, 6.07) is 13.1. The van der Waals surface area contributed by atoms with E-state index >= 15 is 0 Å².